The lowest BCUT2D eigenvalue weighted by Crippen LogP contribution is -2.10. The van der Waals surface area contributed by atoms with E-state index in [9.17, 15) is 4.79 Å². The number of nitrogens with one attached hydrogen (secondary N) is 1. The van der Waals surface area contributed by atoms with Crippen LogP contribution in [0.25, 0.3) is 0 Å². The van der Waals surface area contributed by atoms with Gasteiger partial charge in [-0.25, -0.2) is 4.98 Å². The van der Waals surface area contributed by atoms with E-state index in [1.165, 1.54) is 0 Å². The number of anilines is 1. The zero-order chi connectivity index (χ0) is 15.5. The molecule has 0 atom stereocenters. The molecule has 1 amide bonds. The molecule has 0 unspecified atom stereocenters. The fourth-order valence-electron chi connectivity index (χ4n) is 1.91. The Morgan fingerprint density at radius 1 is 1.23 bits per heavy atom. The van der Waals surface area contributed by atoms with Crippen LogP contribution >= 0.6 is 11.8 Å². The number of carbonyl (C=O) groups is 1. The minimum Gasteiger partial charge on any atom is -0.456 e. The van der Waals surface area contributed by atoms with Crippen molar-refractivity contribution in [3.8, 4) is 0 Å². The molecule has 112 valence electrons. The van der Waals surface area contributed by atoms with Gasteiger partial charge >= 0.3 is 0 Å². The zero-order valence-electron chi connectivity index (χ0n) is 12.2. The molecule has 0 aliphatic heterocycles. The molecular weight excluding hydrogens is 298 g/mol. The van der Waals surface area contributed by atoms with Crippen LogP contribution in [0.4, 0.5) is 5.69 Å². The predicted molar refractivity (Wildman–Crippen MR) is 85.2 cm³/mol. The summed E-state index contributed by atoms with van der Waals surface area (Å²) in [6.45, 7) is 1.81. The number of imidazole rings is 1. The molecule has 0 aliphatic carbocycles. The number of hydrogen-bond acceptors (Lipinski definition) is 4. The third-order valence-corrected chi connectivity index (χ3v) is 4.15. The lowest BCUT2D eigenvalue weighted by molar-refractivity contribution is 0.0995. The Morgan fingerprint density at radius 3 is 2.59 bits per heavy atom. The van der Waals surface area contributed by atoms with Crippen LogP contribution in [0.1, 0.15) is 16.3 Å². The fourth-order valence-corrected chi connectivity index (χ4v) is 2.71. The molecule has 2 heterocycles. The molecule has 22 heavy (non-hydrogen) atoms. The van der Waals surface area contributed by atoms with Crippen molar-refractivity contribution in [1.29, 1.82) is 0 Å². The Balaban J connectivity index is 1.66. The second kappa shape index (κ2) is 6.11. The van der Waals surface area contributed by atoms with E-state index in [1.807, 2.05) is 42.1 Å². The molecule has 1 aromatic carbocycles. The monoisotopic (exact) mass is 313 g/mol. The smallest absolute Gasteiger partial charge is 0.291 e. The van der Waals surface area contributed by atoms with Crippen LogP contribution in [-0.2, 0) is 7.05 Å². The summed E-state index contributed by atoms with van der Waals surface area (Å²) in [5.41, 5.74) is 0.725. The van der Waals surface area contributed by atoms with Crippen LogP contribution in [0.2, 0.25) is 0 Å². The minimum absolute atomic E-state index is 0.252. The van der Waals surface area contributed by atoms with Crippen molar-refractivity contribution in [3.05, 3.63) is 60.3 Å². The SMILES string of the molecule is Cc1ccc(C(=O)Nc2ccc(Sc3nccn3C)cc2)o1. The molecule has 0 bridgehead atoms. The average molecular weight is 313 g/mol. The molecule has 3 aromatic rings. The van der Waals surface area contributed by atoms with E-state index >= 15 is 0 Å². The van der Waals surface area contributed by atoms with Gasteiger partial charge in [0.15, 0.2) is 10.9 Å². The van der Waals surface area contributed by atoms with Crippen LogP contribution in [0.5, 0.6) is 0 Å². The molecule has 5 nitrogen and oxygen atoms in total. The molecule has 0 radical (unpaired) electrons. The van der Waals surface area contributed by atoms with Gasteiger partial charge in [-0.1, -0.05) is 11.8 Å². The number of rotatable bonds is 4. The third-order valence-electron chi connectivity index (χ3n) is 3.06. The van der Waals surface area contributed by atoms with Crippen LogP contribution in [-0.4, -0.2) is 15.5 Å². The van der Waals surface area contributed by atoms with Gasteiger partial charge in [0.05, 0.1) is 0 Å². The number of aromatic nitrogens is 2. The molecule has 1 N–H and O–H groups in total. The molecule has 0 aliphatic rings. The molecule has 3 rings (SSSR count). The van der Waals surface area contributed by atoms with Crippen molar-refractivity contribution in [3.63, 3.8) is 0 Å². The van der Waals surface area contributed by atoms with Crippen LogP contribution in [0.15, 0.2) is 63.3 Å². The maximum Gasteiger partial charge on any atom is 0.291 e. The van der Waals surface area contributed by atoms with E-state index in [4.69, 9.17) is 4.42 Å². The maximum atomic E-state index is 12.0. The van der Waals surface area contributed by atoms with E-state index in [-0.39, 0.29) is 5.91 Å². The van der Waals surface area contributed by atoms with Gasteiger partial charge in [-0.2, -0.15) is 0 Å². The second-order valence-corrected chi connectivity index (χ2v) is 5.85. The summed E-state index contributed by atoms with van der Waals surface area (Å²) < 4.78 is 7.26. The first-order chi connectivity index (χ1) is 10.6. The first kappa shape index (κ1) is 14.5. The van der Waals surface area contributed by atoms with Crippen molar-refractivity contribution < 1.29 is 9.21 Å². The Bertz CT molecular complexity index is 790. The molecule has 0 spiro atoms. The lowest BCUT2D eigenvalue weighted by atomic mass is 10.3. The van der Waals surface area contributed by atoms with Gasteiger partial charge in [0, 0.05) is 30.0 Å². The van der Waals surface area contributed by atoms with Gasteiger partial charge in [0.25, 0.3) is 5.91 Å². The summed E-state index contributed by atoms with van der Waals surface area (Å²) in [6, 6.07) is 11.0. The standard InChI is InChI=1S/C16H15N3O2S/c1-11-3-8-14(21-11)15(20)18-12-4-6-13(7-5-12)22-16-17-9-10-19(16)2/h3-10H,1-2H3,(H,18,20). The normalized spacial score (nSPS) is 10.6. The van der Waals surface area contributed by atoms with Gasteiger partial charge in [0.1, 0.15) is 5.76 Å². The van der Waals surface area contributed by atoms with Crippen molar-refractivity contribution in [1.82, 2.24) is 9.55 Å². The Kier molecular flexibility index (Phi) is 4.02. The number of aryl methyl sites for hydroxylation is 2. The second-order valence-electron chi connectivity index (χ2n) is 4.81. The number of benzene rings is 1. The zero-order valence-corrected chi connectivity index (χ0v) is 13.1. The van der Waals surface area contributed by atoms with Gasteiger partial charge < -0.3 is 14.3 Å². The highest BCUT2D eigenvalue weighted by Gasteiger charge is 2.10. The minimum atomic E-state index is -0.252. The fraction of sp³-hybridized carbons (Fsp3) is 0.125. The molecule has 2 aromatic heterocycles. The van der Waals surface area contributed by atoms with Crippen molar-refractivity contribution >= 4 is 23.4 Å². The Hall–Kier alpha value is -2.47. The van der Waals surface area contributed by atoms with E-state index in [1.54, 1.807) is 37.0 Å². The van der Waals surface area contributed by atoms with E-state index in [0.29, 0.717) is 11.5 Å². The first-order valence-corrected chi connectivity index (χ1v) is 7.56. The number of amides is 1. The first-order valence-electron chi connectivity index (χ1n) is 6.75. The Labute approximate surface area is 132 Å². The quantitative estimate of drug-likeness (QED) is 0.797. The number of nitrogens with zero attached hydrogens (tertiary/aromatic N) is 2. The van der Waals surface area contributed by atoms with Gasteiger partial charge in [0.2, 0.25) is 0 Å². The van der Waals surface area contributed by atoms with E-state index in [2.05, 4.69) is 10.3 Å². The summed E-state index contributed by atoms with van der Waals surface area (Å²) in [6.07, 6.45) is 3.67. The van der Waals surface area contributed by atoms with Crippen LogP contribution in [0, 0.1) is 6.92 Å². The molecular formula is C16H15N3O2S. The number of hydrogen-bond donors (Lipinski definition) is 1. The van der Waals surface area contributed by atoms with Crippen molar-refractivity contribution in [2.75, 3.05) is 5.32 Å². The predicted octanol–water partition coefficient (Wildman–Crippen LogP) is 3.73. The maximum absolute atomic E-state index is 12.0. The summed E-state index contributed by atoms with van der Waals surface area (Å²) in [5.74, 6) is 0.772. The topological polar surface area (TPSA) is 60.1 Å². The largest absolute Gasteiger partial charge is 0.456 e. The van der Waals surface area contributed by atoms with E-state index in [0.717, 1.165) is 15.7 Å². The van der Waals surface area contributed by atoms with Crippen molar-refractivity contribution in [2.45, 2.75) is 17.0 Å². The Morgan fingerprint density at radius 2 is 2.00 bits per heavy atom. The lowest BCUT2D eigenvalue weighted by Gasteiger charge is -2.05. The summed E-state index contributed by atoms with van der Waals surface area (Å²) >= 11 is 1.57. The van der Waals surface area contributed by atoms with Gasteiger partial charge in [-0.15, -0.1) is 0 Å². The van der Waals surface area contributed by atoms with Crippen molar-refractivity contribution in [2.24, 2.45) is 7.05 Å². The summed E-state index contributed by atoms with van der Waals surface area (Å²) in [5, 5.41) is 3.73. The van der Waals surface area contributed by atoms with Gasteiger partial charge in [-0.05, 0) is 43.3 Å². The molecule has 0 fully saturated rings. The molecule has 0 saturated heterocycles. The van der Waals surface area contributed by atoms with Gasteiger partial charge in [-0.3, -0.25) is 4.79 Å². The third kappa shape index (κ3) is 3.23. The highest BCUT2D eigenvalue weighted by atomic mass is 32.2. The number of carbonyl (C=O) groups excluding carboxylic acids is 1. The molecule has 6 heteroatoms. The molecule has 0 saturated carbocycles. The average Bonchev–Trinajstić information content (AvgIpc) is 3.10. The highest BCUT2D eigenvalue weighted by molar-refractivity contribution is 7.99. The summed E-state index contributed by atoms with van der Waals surface area (Å²) in [4.78, 5) is 17.3. The highest BCUT2D eigenvalue weighted by Crippen LogP contribution is 2.26. The van der Waals surface area contributed by atoms with Crippen LogP contribution < -0.4 is 5.32 Å². The number of furan rings is 1. The summed E-state index contributed by atoms with van der Waals surface area (Å²) in [7, 11) is 1.95. The van der Waals surface area contributed by atoms with E-state index < -0.39 is 0 Å². The van der Waals surface area contributed by atoms with Crippen LogP contribution in [0.3, 0.4) is 0 Å².